The van der Waals surface area contributed by atoms with E-state index in [4.69, 9.17) is 14.2 Å². The topological polar surface area (TPSA) is 69.7 Å². The number of pyridine rings is 1. The van der Waals surface area contributed by atoms with E-state index in [1.165, 1.54) is 0 Å². The molecule has 0 saturated carbocycles. The maximum atomic E-state index is 11.7. The van der Waals surface area contributed by atoms with Crippen LogP contribution in [0.2, 0.25) is 0 Å². The van der Waals surface area contributed by atoms with Crippen molar-refractivity contribution in [3.63, 3.8) is 0 Å². The maximum absolute atomic E-state index is 11.7. The molecular formula is C20H26N2O4. The molecule has 1 aromatic heterocycles. The first-order valence-corrected chi connectivity index (χ1v) is 8.45. The van der Waals surface area contributed by atoms with E-state index in [-0.39, 0.29) is 0 Å². The van der Waals surface area contributed by atoms with Gasteiger partial charge < -0.3 is 19.5 Å². The van der Waals surface area contributed by atoms with E-state index in [1.54, 1.807) is 13.3 Å². The average Bonchev–Trinajstić information content (AvgIpc) is 2.58. The van der Waals surface area contributed by atoms with Crippen molar-refractivity contribution in [2.45, 2.75) is 46.4 Å². The number of methoxy groups -OCH3 is 1. The van der Waals surface area contributed by atoms with Crippen LogP contribution in [0.1, 0.15) is 37.6 Å². The Hall–Kier alpha value is -2.76. The van der Waals surface area contributed by atoms with Crippen molar-refractivity contribution >= 4 is 6.09 Å². The van der Waals surface area contributed by atoms with Gasteiger partial charge in [-0.25, -0.2) is 4.79 Å². The largest absolute Gasteiger partial charge is 0.493 e. The number of benzene rings is 1. The molecule has 0 bridgehead atoms. The number of ether oxygens (including phenoxy) is 3. The summed E-state index contributed by atoms with van der Waals surface area (Å²) in [5.41, 5.74) is 2.31. The fourth-order valence-electron chi connectivity index (χ4n) is 2.17. The molecule has 1 aromatic carbocycles. The van der Waals surface area contributed by atoms with E-state index in [9.17, 15) is 4.79 Å². The van der Waals surface area contributed by atoms with Crippen LogP contribution in [0, 0.1) is 6.92 Å². The SMILES string of the molecule is COc1cc(CNC(=O)OC(C)(C)C)ccc1OCc1ccc(C)nc1. The number of hydrogen-bond acceptors (Lipinski definition) is 5. The van der Waals surface area contributed by atoms with Gasteiger partial charge in [0.25, 0.3) is 0 Å². The van der Waals surface area contributed by atoms with Gasteiger partial charge in [0.2, 0.25) is 0 Å². The average molecular weight is 358 g/mol. The number of nitrogens with zero attached hydrogens (tertiary/aromatic N) is 1. The van der Waals surface area contributed by atoms with Gasteiger partial charge in [-0.3, -0.25) is 4.98 Å². The number of alkyl carbamates (subject to hydrolysis) is 1. The zero-order chi connectivity index (χ0) is 19.2. The lowest BCUT2D eigenvalue weighted by Gasteiger charge is -2.19. The molecular weight excluding hydrogens is 332 g/mol. The van der Waals surface area contributed by atoms with Crippen LogP contribution in [0.25, 0.3) is 0 Å². The first-order chi connectivity index (χ1) is 12.3. The number of aromatic nitrogens is 1. The van der Waals surface area contributed by atoms with Crippen LogP contribution in [-0.2, 0) is 17.9 Å². The first-order valence-electron chi connectivity index (χ1n) is 8.45. The number of carbonyl (C=O) groups is 1. The lowest BCUT2D eigenvalue weighted by Crippen LogP contribution is -2.32. The molecule has 26 heavy (non-hydrogen) atoms. The van der Waals surface area contributed by atoms with Gasteiger partial charge in [0.15, 0.2) is 11.5 Å². The summed E-state index contributed by atoms with van der Waals surface area (Å²) in [5.74, 6) is 1.24. The van der Waals surface area contributed by atoms with Gasteiger partial charge in [-0.2, -0.15) is 0 Å². The van der Waals surface area contributed by atoms with E-state index in [1.807, 2.05) is 58.0 Å². The number of aryl methyl sites for hydroxylation is 1. The molecule has 1 heterocycles. The molecule has 0 saturated heterocycles. The van der Waals surface area contributed by atoms with Gasteiger partial charge in [-0.05, 0) is 51.5 Å². The molecule has 6 nitrogen and oxygen atoms in total. The van der Waals surface area contributed by atoms with Crippen molar-refractivity contribution in [2.75, 3.05) is 7.11 Å². The van der Waals surface area contributed by atoms with Gasteiger partial charge in [0, 0.05) is 24.0 Å². The van der Waals surface area contributed by atoms with Gasteiger partial charge in [0.05, 0.1) is 7.11 Å². The van der Waals surface area contributed by atoms with Gasteiger partial charge in [-0.15, -0.1) is 0 Å². The maximum Gasteiger partial charge on any atom is 0.407 e. The van der Waals surface area contributed by atoms with Gasteiger partial charge in [-0.1, -0.05) is 12.1 Å². The van der Waals surface area contributed by atoms with Crippen molar-refractivity contribution in [1.82, 2.24) is 10.3 Å². The molecule has 1 N–H and O–H groups in total. The summed E-state index contributed by atoms with van der Waals surface area (Å²) in [6.07, 6.45) is 1.34. The minimum atomic E-state index is -0.524. The monoisotopic (exact) mass is 358 g/mol. The molecule has 0 aliphatic heterocycles. The Kier molecular flexibility index (Phi) is 6.44. The van der Waals surface area contributed by atoms with Crippen molar-refractivity contribution in [2.24, 2.45) is 0 Å². The standard InChI is InChI=1S/C20H26N2O4/c1-14-6-7-16(12-21-14)13-25-17-9-8-15(10-18(17)24-5)11-22-19(23)26-20(2,3)4/h6-10,12H,11,13H2,1-5H3,(H,22,23). The summed E-state index contributed by atoms with van der Waals surface area (Å²) in [5, 5.41) is 2.72. The Balaban J connectivity index is 1.96. The summed E-state index contributed by atoms with van der Waals surface area (Å²) in [4.78, 5) is 16.0. The van der Waals surface area contributed by atoms with E-state index < -0.39 is 11.7 Å². The molecule has 0 radical (unpaired) electrons. The summed E-state index contributed by atoms with van der Waals surface area (Å²) in [6.45, 7) is 8.16. The second-order valence-electron chi connectivity index (χ2n) is 6.94. The van der Waals surface area contributed by atoms with E-state index in [2.05, 4.69) is 10.3 Å². The highest BCUT2D eigenvalue weighted by molar-refractivity contribution is 5.67. The lowest BCUT2D eigenvalue weighted by molar-refractivity contribution is 0.0523. The predicted octanol–water partition coefficient (Wildman–Crippen LogP) is 4.00. The zero-order valence-electron chi connectivity index (χ0n) is 16.0. The van der Waals surface area contributed by atoms with Crippen LogP contribution in [-0.4, -0.2) is 23.8 Å². The van der Waals surface area contributed by atoms with E-state index in [0.717, 1.165) is 16.8 Å². The third-order valence-corrected chi connectivity index (χ3v) is 3.43. The second-order valence-corrected chi connectivity index (χ2v) is 6.94. The van der Waals surface area contributed by atoms with Crippen molar-refractivity contribution in [1.29, 1.82) is 0 Å². The molecule has 0 aliphatic carbocycles. The van der Waals surface area contributed by atoms with Gasteiger partial charge in [0.1, 0.15) is 12.2 Å². The Morgan fingerprint density at radius 2 is 1.85 bits per heavy atom. The fourth-order valence-corrected chi connectivity index (χ4v) is 2.17. The van der Waals surface area contributed by atoms with E-state index in [0.29, 0.717) is 24.7 Å². The summed E-state index contributed by atoms with van der Waals surface area (Å²) in [7, 11) is 1.58. The quantitative estimate of drug-likeness (QED) is 0.845. The number of nitrogens with one attached hydrogen (secondary N) is 1. The van der Waals surface area contributed by atoms with Crippen molar-refractivity contribution in [3.8, 4) is 11.5 Å². The van der Waals surface area contributed by atoms with Crippen molar-refractivity contribution in [3.05, 3.63) is 53.3 Å². The van der Waals surface area contributed by atoms with Crippen LogP contribution in [0.5, 0.6) is 11.5 Å². The highest BCUT2D eigenvalue weighted by Gasteiger charge is 2.16. The van der Waals surface area contributed by atoms with Crippen molar-refractivity contribution < 1.29 is 19.0 Å². The molecule has 0 atom stereocenters. The molecule has 0 aliphatic rings. The van der Waals surface area contributed by atoms with Gasteiger partial charge >= 0.3 is 6.09 Å². The molecule has 2 aromatic rings. The normalized spacial score (nSPS) is 11.0. The highest BCUT2D eigenvalue weighted by atomic mass is 16.6. The number of amides is 1. The summed E-state index contributed by atoms with van der Waals surface area (Å²) < 4.78 is 16.4. The van der Waals surface area contributed by atoms with E-state index >= 15 is 0 Å². The Bertz CT molecular complexity index is 736. The highest BCUT2D eigenvalue weighted by Crippen LogP contribution is 2.28. The van der Waals surface area contributed by atoms with Crippen LogP contribution >= 0.6 is 0 Å². The predicted molar refractivity (Wildman–Crippen MR) is 99.4 cm³/mol. The summed E-state index contributed by atoms with van der Waals surface area (Å²) in [6, 6.07) is 9.46. The second kappa shape index (κ2) is 8.56. The minimum Gasteiger partial charge on any atom is -0.493 e. The number of hydrogen-bond donors (Lipinski definition) is 1. The molecule has 1 amide bonds. The Morgan fingerprint density at radius 1 is 1.12 bits per heavy atom. The van der Waals surface area contributed by atoms with Crippen LogP contribution in [0.4, 0.5) is 4.79 Å². The smallest absolute Gasteiger partial charge is 0.407 e. The minimum absolute atomic E-state index is 0.341. The number of rotatable bonds is 6. The third kappa shape index (κ3) is 6.27. The molecule has 0 spiro atoms. The number of carbonyl (C=O) groups excluding carboxylic acids is 1. The molecule has 0 fully saturated rings. The van der Waals surface area contributed by atoms with Crippen LogP contribution in [0.15, 0.2) is 36.5 Å². The lowest BCUT2D eigenvalue weighted by atomic mass is 10.2. The van der Waals surface area contributed by atoms with Crippen LogP contribution in [0.3, 0.4) is 0 Å². The molecule has 2 rings (SSSR count). The summed E-state index contributed by atoms with van der Waals surface area (Å²) >= 11 is 0. The van der Waals surface area contributed by atoms with Crippen LogP contribution < -0.4 is 14.8 Å². The molecule has 6 heteroatoms. The fraction of sp³-hybridized carbons (Fsp3) is 0.400. The molecule has 140 valence electrons. The Morgan fingerprint density at radius 3 is 2.46 bits per heavy atom. The third-order valence-electron chi connectivity index (χ3n) is 3.43. The Labute approximate surface area is 154 Å². The zero-order valence-corrected chi connectivity index (χ0v) is 16.0. The first kappa shape index (κ1) is 19.6. The molecule has 0 unspecified atom stereocenters.